The number of anilines is 1. The molecule has 0 aliphatic heterocycles. The third-order valence-electron chi connectivity index (χ3n) is 2.79. The van der Waals surface area contributed by atoms with Crippen LogP contribution in [-0.4, -0.2) is 22.4 Å². The Morgan fingerprint density at radius 3 is 3.00 bits per heavy atom. The third-order valence-corrected chi connectivity index (χ3v) is 2.79. The lowest BCUT2D eigenvalue weighted by atomic mass is 10.1. The molecule has 0 aliphatic carbocycles. The van der Waals surface area contributed by atoms with Gasteiger partial charge in [0.25, 0.3) is 0 Å². The van der Waals surface area contributed by atoms with Gasteiger partial charge in [0, 0.05) is 11.8 Å². The summed E-state index contributed by atoms with van der Waals surface area (Å²) in [5.41, 5.74) is 6.08. The van der Waals surface area contributed by atoms with E-state index < -0.39 is 11.8 Å². The number of nitrogens with zero attached hydrogens (tertiary/aromatic N) is 3. The molecule has 0 spiro atoms. The Hall–Kier alpha value is -2.88. The summed E-state index contributed by atoms with van der Waals surface area (Å²) in [6, 6.07) is 6.28. The van der Waals surface area contributed by atoms with Gasteiger partial charge in [-0.3, -0.25) is 4.68 Å². The highest BCUT2D eigenvalue weighted by Crippen LogP contribution is 2.16. The first-order valence-electron chi connectivity index (χ1n) is 6.24. The summed E-state index contributed by atoms with van der Waals surface area (Å²) >= 11 is 0. The number of ether oxygens (including phenoxy) is 1. The number of carbonyl (C=O) groups excluding carboxylic acids is 1. The van der Waals surface area contributed by atoms with Crippen molar-refractivity contribution in [1.29, 1.82) is 5.26 Å². The second kappa shape index (κ2) is 6.05. The van der Waals surface area contributed by atoms with Crippen molar-refractivity contribution in [3.8, 4) is 6.07 Å². The Morgan fingerprint density at radius 1 is 1.57 bits per heavy atom. The number of benzene rings is 1. The normalized spacial score (nSPS) is 10.1. The van der Waals surface area contributed by atoms with Crippen LogP contribution in [0.5, 0.6) is 0 Å². The highest BCUT2D eigenvalue weighted by atomic mass is 19.1. The smallest absolute Gasteiger partial charge is 0.361 e. The number of nitrogen functional groups attached to an aromatic ring is 1. The summed E-state index contributed by atoms with van der Waals surface area (Å²) in [6.45, 7) is 1.95. The van der Waals surface area contributed by atoms with E-state index in [9.17, 15) is 9.18 Å². The Morgan fingerprint density at radius 2 is 2.33 bits per heavy atom. The van der Waals surface area contributed by atoms with E-state index in [0.29, 0.717) is 0 Å². The van der Waals surface area contributed by atoms with Crippen molar-refractivity contribution < 1.29 is 13.9 Å². The Kier molecular flexibility index (Phi) is 4.18. The van der Waals surface area contributed by atoms with E-state index >= 15 is 0 Å². The number of hydrogen-bond acceptors (Lipinski definition) is 5. The molecule has 21 heavy (non-hydrogen) atoms. The average Bonchev–Trinajstić information content (AvgIpc) is 2.82. The summed E-state index contributed by atoms with van der Waals surface area (Å²) in [6.07, 6.45) is 1.42. The fourth-order valence-electron chi connectivity index (χ4n) is 1.84. The molecule has 2 aromatic rings. The van der Waals surface area contributed by atoms with Crippen molar-refractivity contribution in [3.05, 3.63) is 47.0 Å². The molecule has 0 unspecified atom stereocenters. The highest BCUT2D eigenvalue weighted by Gasteiger charge is 2.17. The van der Waals surface area contributed by atoms with Crippen LogP contribution in [0, 0.1) is 17.1 Å². The molecule has 1 aromatic heterocycles. The molecular weight excluding hydrogens is 275 g/mol. The van der Waals surface area contributed by atoms with Crippen molar-refractivity contribution in [1.82, 2.24) is 9.78 Å². The van der Waals surface area contributed by atoms with Crippen molar-refractivity contribution in [2.45, 2.75) is 13.5 Å². The van der Waals surface area contributed by atoms with E-state index in [4.69, 9.17) is 15.7 Å². The van der Waals surface area contributed by atoms with Crippen LogP contribution in [0.3, 0.4) is 0 Å². The molecule has 0 amide bonds. The predicted molar refractivity (Wildman–Crippen MR) is 72.8 cm³/mol. The molecule has 0 radical (unpaired) electrons. The van der Waals surface area contributed by atoms with Crippen LogP contribution in [0.4, 0.5) is 10.1 Å². The molecule has 7 heteroatoms. The monoisotopic (exact) mass is 288 g/mol. The maximum atomic E-state index is 14.0. The average molecular weight is 288 g/mol. The fourth-order valence-corrected chi connectivity index (χ4v) is 1.84. The number of carbonyl (C=O) groups is 1. The largest absolute Gasteiger partial charge is 0.461 e. The zero-order valence-electron chi connectivity index (χ0n) is 11.3. The second-order valence-corrected chi connectivity index (χ2v) is 4.24. The molecule has 0 saturated carbocycles. The van der Waals surface area contributed by atoms with Gasteiger partial charge in [0.1, 0.15) is 11.9 Å². The van der Waals surface area contributed by atoms with Crippen molar-refractivity contribution >= 4 is 11.7 Å². The van der Waals surface area contributed by atoms with Crippen LogP contribution in [0.15, 0.2) is 24.4 Å². The van der Waals surface area contributed by atoms with Gasteiger partial charge < -0.3 is 10.5 Å². The van der Waals surface area contributed by atoms with E-state index in [2.05, 4.69) is 5.10 Å². The Bertz CT molecular complexity index is 718. The maximum absolute atomic E-state index is 14.0. The second-order valence-electron chi connectivity index (χ2n) is 4.24. The molecule has 0 saturated heterocycles. The SMILES string of the molecule is CCOC(=O)c1nn(Cc2cccc(C#N)c2F)cc1N. The minimum absolute atomic E-state index is 0.00584. The van der Waals surface area contributed by atoms with Crippen LogP contribution in [0.2, 0.25) is 0 Å². The van der Waals surface area contributed by atoms with Gasteiger partial charge in [-0.25, -0.2) is 9.18 Å². The predicted octanol–water partition coefficient (Wildman–Crippen LogP) is 1.70. The van der Waals surface area contributed by atoms with Gasteiger partial charge in [-0.2, -0.15) is 10.4 Å². The van der Waals surface area contributed by atoms with Crippen molar-refractivity contribution in [2.75, 3.05) is 12.3 Å². The molecule has 1 heterocycles. The first kappa shape index (κ1) is 14.5. The van der Waals surface area contributed by atoms with Crippen LogP contribution >= 0.6 is 0 Å². The Labute approximate surface area is 120 Å². The van der Waals surface area contributed by atoms with Gasteiger partial charge >= 0.3 is 5.97 Å². The zero-order valence-corrected chi connectivity index (χ0v) is 11.3. The first-order valence-corrected chi connectivity index (χ1v) is 6.24. The lowest BCUT2D eigenvalue weighted by Crippen LogP contribution is -2.09. The molecule has 0 atom stereocenters. The minimum Gasteiger partial charge on any atom is -0.461 e. The highest BCUT2D eigenvalue weighted by molar-refractivity contribution is 5.92. The molecule has 6 nitrogen and oxygen atoms in total. The van der Waals surface area contributed by atoms with Crippen LogP contribution in [-0.2, 0) is 11.3 Å². The Balaban J connectivity index is 2.28. The summed E-state index contributed by atoms with van der Waals surface area (Å²) in [4.78, 5) is 11.6. The topological polar surface area (TPSA) is 93.9 Å². The first-order chi connectivity index (χ1) is 10.1. The van der Waals surface area contributed by atoms with Gasteiger partial charge in [-0.05, 0) is 13.0 Å². The molecular formula is C14H13FN4O2. The van der Waals surface area contributed by atoms with Gasteiger partial charge in [0.2, 0.25) is 0 Å². The third kappa shape index (κ3) is 3.00. The van der Waals surface area contributed by atoms with E-state index in [-0.39, 0.29) is 35.7 Å². The van der Waals surface area contributed by atoms with Crippen LogP contribution in [0.25, 0.3) is 0 Å². The van der Waals surface area contributed by atoms with Crippen LogP contribution in [0.1, 0.15) is 28.5 Å². The van der Waals surface area contributed by atoms with E-state index in [1.54, 1.807) is 19.1 Å². The number of aromatic nitrogens is 2. The summed E-state index contributed by atoms with van der Waals surface area (Å²) in [5, 5.41) is 12.8. The molecule has 1 aromatic carbocycles. The summed E-state index contributed by atoms with van der Waals surface area (Å²) in [7, 11) is 0. The van der Waals surface area contributed by atoms with Gasteiger partial charge in [0.05, 0.1) is 24.4 Å². The van der Waals surface area contributed by atoms with Gasteiger partial charge in [-0.15, -0.1) is 0 Å². The summed E-state index contributed by atoms with van der Waals surface area (Å²) < 4.78 is 20.1. The maximum Gasteiger partial charge on any atom is 0.361 e. The quantitative estimate of drug-likeness (QED) is 0.864. The zero-order chi connectivity index (χ0) is 15.4. The number of esters is 1. The number of hydrogen-bond donors (Lipinski definition) is 1. The molecule has 2 N–H and O–H groups in total. The lowest BCUT2D eigenvalue weighted by molar-refractivity contribution is 0.0519. The molecule has 2 rings (SSSR count). The number of nitrogens with two attached hydrogens (primary N) is 1. The lowest BCUT2D eigenvalue weighted by Gasteiger charge is -2.04. The summed E-state index contributed by atoms with van der Waals surface area (Å²) in [5.74, 6) is -1.23. The fraction of sp³-hybridized carbons (Fsp3) is 0.214. The van der Waals surface area contributed by atoms with E-state index in [1.165, 1.54) is 23.0 Å². The number of rotatable bonds is 4. The van der Waals surface area contributed by atoms with Crippen molar-refractivity contribution in [3.63, 3.8) is 0 Å². The standard InChI is InChI=1S/C14H13FN4O2/c1-2-21-14(20)13-11(17)8-19(18-13)7-10-5-3-4-9(6-16)12(10)15/h3-5,8H,2,7,17H2,1H3. The molecule has 0 aliphatic rings. The number of halogens is 1. The number of nitriles is 1. The van der Waals surface area contributed by atoms with Gasteiger partial charge in [0.15, 0.2) is 5.69 Å². The van der Waals surface area contributed by atoms with Gasteiger partial charge in [-0.1, -0.05) is 12.1 Å². The van der Waals surface area contributed by atoms with Crippen molar-refractivity contribution in [2.24, 2.45) is 0 Å². The van der Waals surface area contributed by atoms with E-state index in [0.717, 1.165) is 0 Å². The minimum atomic E-state index is -0.625. The van der Waals surface area contributed by atoms with Crippen LogP contribution < -0.4 is 5.73 Å². The van der Waals surface area contributed by atoms with E-state index in [1.807, 2.05) is 0 Å². The molecule has 108 valence electrons. The molecule has 0 bridgehead atoms. The molecule has 0 fully saturated rings.